The van der Waals surface area contributed by atoms with Crippen molar-refractivity contribution in [3.63, 3.8) is 0 Å². The lowest BCUT2D eigenvalue weighted by molar-refractivity contribution is -0.393. The number of piperidine rings is 2. The molecule has 2 amide bonds. The normalized spacial score (nSPS) is 21.3. The number of hydrogen-bond donors (Lipinski definition) is 1. The van der Waals surface area contributed by atoms with Crippen molar-refractivity contribution >= 4 is 46.2 Å². The fourth-order valence-corrected chi connectivity index (χ4v) is 5.74. The second kappa shape index (κ2) is 7.45. The number of nitrogens with zero attached hydrogens (tertiary/aromatic N) is 3. The Morgan fingerprint density at radius 2 is 1.70 bits per heavy atom. The summed E-state index contributed by atoms with van der Waals surface area (Å²) in [6.45, 7) is 2.75. The quantitative estimate of drug-likeness (QED) is 0.700. The Morgan fingerprint density at radius 1 is 1.00 bits per heavy atom. The van der Waals surface area contributed by atoms with E-state index >= 15 is 0 Å². The highest BCUT2D eigenvalue weighted by Gasteiger charge is 2.66. The van der Waals surface area contributed by atoms with Crippen LogP contribution >= 0.6 is 11.6 Å². The van der Waals surface area contributed by atoms with Crippen LogP contribution in [0, 0.1) is 5.41 Å². The van der Waals surface area contributed by atoms with Crippen molar-refractivity contribution in [1.29, 1.82) is 0 Å². The van der Waals surface area contributed by atoms with E-state index in [-0.39, 0.29) is 11.3 Å². The summed E-state index contributed by atoms with van der Waals surface area (Å²) < 4.78 is 1.69. The van der Waals surface area contributed by atoms with Crippen molar-refractivity contribution in [1.82, 2.24) is 0 Å². The van der Waals surface area contributed by atoms with Gasteiger partial charge in [-0.25, -0.2) is 0 Å². The minimum atomic E-state index is -0.507. The van der Waals surface area contributed by atoms with Crippen LogP contribution < -0.4 is 15.5 Å². The molecule has 7 heteroatoms. The molecule has 4 aliphatic rings. The highest BCUT2D eigenvalue weighted by Crippen LogP contribution is 2.59. The molecule has 2 N–H and O–H groups in total. The third kappa shape index (κ3) is 3.19. The van der Waals surface area contributed by atoms with Gasteiger partial charge in [-0.05, 0) is 62.4 Å². The number of fused-ring (bicyclic) bond motifs is 2. The number of anilines is 2. The minimum Gasteiger partial charge on any atom is -0.372 e. The van der Waals surface area contributed by atoms with Crippen molar-refractivity contribution in [3.05, 3.63) is 64.8 Å². The number of hydrogen-bond acceptors (Lipinski definition) is 3. The van der Waals surface area contributed by atoms with Gasteiger partial charge >= 0.3 is 11.8 Å². The molecule has 2 saturated heterocycles. The van der Waals surface area contributed by atoms with Crippen LogP contribution in [-0.2, 0) is 9.59 Å². The van der Waals surface area contributed by atoms with Gasteiger partial charge in [-0.1, -0.05) is 17.7 Å². The number of rotatable bonds is 4. The highest BCUT2D eigenvalue weighted by atomic mass is 35.5. The Bertz CT molecular complexity index is 1240. The van der Waals surface area contributed by atoms with Gasteiger partial charge in [-0.2, -0.15) is 0 Å². The third-order valence-electron chi connectivity index (χ3n) is 7.40. The van der Waals surface area contributed by atoms with Gasteiger partial charge in [0.05, 0.1) is 0 Å². The predicted octanol–water partition coefficient (Wildman–Crippen LogP) is 4.00. The van der Waals surface area contributed by atoms with Gasteiger partial charge < -0.3 is 15.5 Å². The molecule has 168 valence electrons. The van der Waals surface area contributed by atoms with E-state index in [1.807, 2.05) is 29.2 Å². The molecule has 1 spiro atoms. The molecule has 2 aromatic rings. The first kappa shape index (κ1) is 20.5. The Morgan fingerprint density at radius 3 is 2.33 bits per heavy atom. The number of benzene rings is 2. The number of carbonyl (C=O) groups is 2. The van der Waals surface area contributed by atoms with Crippen molar-refractivity contribution in [2.24, 2.45) is 11.1 Å². The summed E-state index contributed by atoms with van der Waals surface area (Å²) in [6, 6.07) is 15.5. The van der Waals surface area contributed by atoms with Crippen LogP contribution in [0.25, 0.3) is 0 Å². The van der Waals surface area contributed by atoms with Crippen molar-refractivity contribution < 1.29 is 14.2 Å². The van der Waals surface area contributed by atoms with Crippen LogP contribution in [0.15, 0.2) is 59.8 Å². The monoisotopic (exact) mass is 461 g/mol. The maximum Gasteiger partial charge on any atom is 0.324 e. The molecule has 0 bridgehead atoms. The maximum absolute atomic E-state index is 13.7. The SMILES string of the molecule is NC(=O)C1=C2C(=[N+]1c1cccc(Cl)c1)C(=O)N(c1ccc(N3CCCCC3)cc1)CC21CC1. The van der Waals surface area contributed by atoms with Crippen molar-refractivity contribution in [2.45, 2.75) is 32.1 Å². The molecule has 0 unspecified atom stereocenters. The summed E-state index contributed by atoms with van der Waals surface area (Å²) in [5.74, 6) is -0.606. The molecule has 3 aliphatic heterocycles. The van der Waals surface area contributed by atoms with Gasteiger partial charge in [-0.3, -0.25) is 9.59 Å². The van der Waals surface area contributed by atoms with Crippen LogP contribution in [0.3, 0.4) is 0 Å². The first-order valence-corrected chi connectivity index (χ1v) is 12.0. The molecule has 3 heterocycles. The second-order valence-electron chi connectivity index (χ2n) is 9.49. The Balaban J connectivity index is 1.39. The van der Waals surface area contributed by atoms with Crippen LogP contribution in [0.5, 0.6) is 0 Å². The van der Waals surface area contributed by atoms with E-state index in [9.17, 15) is 9.59 Å². The van der Waals surface area contributed by atoms with Crippen LogP contribution in [-0.4, -0.2) is 41.7 Å². The zero-order chi connectivity index (χ0) is 22.7. The number of primary amides is 1. The van der Waals surface area contributed by atoms with E-state index in [0.29, 0.717) is 28.7 Å². The predicted molar refractivity (Wildman–Crippen MR) is 129 cm³/mol. The lowest BCUT2D eigenvalue weighted by Gasteiger charge is -2.37. The maximum atomic E-state index is 13.7. The molecule has 0 aromatic heterocycles. The summed E-state index contributed by atoms with van der Waals surface area (Å²) in [5.41, 5.74) is 10.2. The van der Waals surface area contributed by atoms with Crippen LogP contribution in [0.2, 0.25) is 5.02 Å². The molecule has 1 aliphatic carbocycles. The molecule has 0 atom stereocenters. The molecule has 0 radical (unpaired) electrons. The van der Waals surface area contributed by atoms with E-state index in [1.54, 1.807) is 16.7 Å². The molecule has 1 saturated carbocycles. The summed E-state index contributed by atoms with van der Waals surface area (Å²) >= 11 is 6.21. The van der Waals surface area contributed by atoms with E-state index in [2.05, 4.69) is 17.0 Å². The first-order chi connectivity index (χ1) is 16.0. The number of halogens is 1. The standard InChI is InChI=1S/C26H25ClN4O2/c27-17-5-4-6-20(15-17)31-22(24(28)32)21-23(31)25(33)30(16-26(21)11-12-26)19-9-7-18(8-10-19)29-13-2-1-3-14-29/h4-10,15H,1-3,11-14,16H2,(H-,28,32)/p+1. The number of nitrogens with two attached hydrogens (primary N) is 1. The summed E-state index contributed by atoms with van der Waals surface area (Å²) in [6.07, 6.45) is 5.64. The molecule has 6 rings (SSSR count). The Hall–Kier alpha value is -3.12. The lowest BCUT2D eigenvalue weighted by atomic mass is 9.79. The first-order valence-electron chi connectivity index (χ1n) is 11.6. The van der Waals surface area contributed by atoms with Gasteiger partial charge in [0.2, 0.25) is 5.69 Å². The number of amides is 2. The van der Waals surface area contributed by atoms with E-state index in [4.69, 9.17) is 17.3 Å². The molecule has 33 heavy (non-hydrogen) atoms. The van der Waals surface area contributed by atoms with Gasteiger partial charge in [0.25, 0.3) is 11.4 Å². The molecular weight excluding hydrogens is 436 g/mol. The van der Waals surface area contributed by atoms with Gasteiger partial charge in [0.15, 0.2) is 0 Å². The Kier molecular flexibility index (Phi) is 4.63. The zero-order valence-electron chi connectivity index (χ0n) is 18.4. The fraction of sp³-hybridized carbons (Fsp3) is 0.346. The molecule has 2 aromatic carbocycles. The van der Waals surface area contributed by atoms with Crippen LogP contribution in [0.1, 0.15) is 32.1 Å². The topological polar surface area (TPSA) is 69.6 Å². The smallest absolute Gasteiger partial charge is 0.324 e. The van der Waals surface area contributed by atoms with Crippen molar-refractivity contribution in [3.8, 4) is 0 Å². The second-order valence-corrected chi connectivity index (χ2v) is 9.92. The number of carbonyl (C=O) groups excluding carboxylic acids is 2. The molecule has 3 fully saturated rings. The van der Waals surface area contributed by atoms with E-state index in [0.717, 1.165) is 37.2 Å². The van der Waals surface area contributed by atoms with E-state index < -0.39 is 5.91 Å². The van der Waals surface area contributed by atoms with Crippen molar-refractivity contribution in [2.75, 3.05) is 29.4 Å². The highest BCUT2D eigenvalue weighted by molar-refractivity contribution is 6.51. The largest absolute Gasteiger partial charge is 0.372 e. The lowest BCUT2D eigenvalue weighted by Crippen LogP contribution is -2.57. The fourth-order valence-electron chi connectivity index (χ4n) is 5.55. The van der Waals surface area contributed by atoms with Gasteiger partial charge in [0.1, 0.15) is 5.57 Å². The summed E-state index contributed by atoms with van der Waals surface area (Å²) in [4.78, 5) is 30.4. The Labute approximate surface area is 197 Å². The zero-order valence-corrected chi connectivity index (χ0v) is 19.1. The van der Waals surface area contributed by atoms with Gasteiger partial charge in [-0.15, -0.1) is 4.58 Å². The van der Waals surface area contributed by atoms with Crippen LogP contribution in [0.4, 0.5) is 17.1 Å². The average molecular weight is 462 g/mol. The van der Waals surface area contributed by atoms with Gasteiger partial charge in [0, 0.05) is 53.6 Å². The summed E-state index contributed by atoms with van der Waals surface area (Å²) in [7, 11) is 0. The molecule has 6 nitrogen and oxygen atoms in total. The minimum absolute atomic E-state index is 0.0989. The average Bonchev–Trinajstić information content (AvgIpc) is 3.56. The molecular formula is C26H26ClN4O2+. The van der Waals surface area contributed by atoms with E-state index in [1.165, 1.54) is 24.9 Å². The summed E-state index contributed by atoms with van der Waals surface area (Å²) in [5, 5.41) is 0.542. The third-order valence-corrected chi connectivity index (χ3v) is 7.63.